The first-order valence-corrected chi connectivity index (χ1v) is 19.6. The Morgan fingerprint density at radius 3 is 2.16 bits per heavy atom. The summed E-state index contributed by atoms with van der Waals surface area (Å²) in [5.41, 5.74) is 2.91. The van der Waals surface area contributed by atoms with Crippen molar-refractivity contribution in [3.8, 4) is 22.1 Å². The number of hydrogen-bond donors (Lipinski definition) is 2. The van der Waals surface area contributed by atoms with E-state index >= 15 is 0 Å². The third-order valence-corrected chi connectivity index (χ3v) is 9.97. The molecule has 0 radical (unpaired) electrons. The number of nitrogens with one attached hydrogen (secondary N) is 2. The Labute approximate surface area is 329 Å². The molecule has 6 rings (SSSR count). The lowest BCUT2D eigenvalue weighted by Gasteiger charge is -2.34. The van der Waals surface area contributed by atoms with Crippen molar-refractivity contribution >= 4 is 39.4 Å². The molecule has 1 aliphatic carbocycles. The van der Waals surface area contributed by atoms with Crippen LogP contribution in [0.25, 0.3) is 20.8 Å². The Kier molecular flexibility index (Phi) is 16.0. The zero-order valence-corrected chi connectivity index (χ0v) is 32.4. The van der Waals surface area contributed by atoms with Crippen LogP contribution >= 0.6 is 11.3 Å². The van der Waals surface area contributed by atoms with Gasteiger partial charge in [-0.2, -0.15) is 0 Å². The molecule has 2 N–H and O–H groups in total. The first-order chi connectivity index (χ1) is 27.4. The van der Waals surface area contributed by atoms with Crippen LogP contribution in [-0.2, 0) is 35.0 Å². The Hall–Kier alpha value is -4.49. The number of hydrogen-bond acceptors (Lipinski definition) is 13. The summed E-state index contributed by atoms with van der Waals surface area (Å²) in [7, 11) is 1.63. The third kappa shape index (κ3) is 13.0. The second-order valence-electron chi connectivity index (χ2n) is 13.1. The number of urea groups is 1. The van der Waals surface area contributed by atoms with Crippen molar-refractivity contribution in [2.45, 2.75) is 25.4 Å². The number of carbonyl (C=O) groups excluding carboxylic acids is 2. The fourth-order valence-corrected chi connectivity index (χ4v) is 6.72. The first kappa shape index (κ1) is 41.2. The van der Waals surface area contributed by atoms with Crippen LogP contribution in [0.5, 0.6) is 11.5 Å². The van der Waals surface area contributed by atoms with Gasteiger partial charge in [0.05, 0.1) is 80.2 Å². The molecule has 4 heterocycles. The number of halogens is 1. The lowest BCUT2D eigenvalue weighted by Crippen LogP contribution is -2.48. The lowest BCUT2D eigenvalue weighted by atomic mass is 10.2. The molecule has 2 fully saturated rings. The van der Waals surface area contributed by atoms with Crippen LogP contribution in [0.1, 0.15) is 18.4 Å². The van der Waals surface area contributed by atoms with Crippen LogP contribution in [0, 0.1) is 5.82 Å². The van der Waals surface area contributed by atoms with Gasteiger partial charge in [0.15, 0.2) is 11.6 Å². The number of methoxy groups -OCH3 is 1. The number of ether oxygens (including phenoxy) is 7. The summed E-state index contributed by atoms with van der Waals surface area (Å²) in [4.78, 5) is 38.7. The van der Waals surface area contributed by atoms with Crippen molar-refractivity contribution in [3.63, 3.8) is 0 Å². The maximum Gasteiger partial charge on any atom is 0.409 e. The van der Waals surface area contributed by atoms with Crippen LogP contribution in [0.3, 0.4) is 0 Å². The topological polar surface area (TPSA) is 155 Å². The van der Waals surface area contributed by atoms with Crippen molar-refractivity contribution in [1.29, 1.82) is 0 Å². The van der Waals surface area contributed by atoms with E-state index in [1.165, 1.54) is 23.5 Å². The highest BCUT2D eigenvalue weighted by atomic mass is 32.1. The number of rotatable bonds is 22. The van der Waals surface area contributed by atoms with E-state index in [1.54, 1.807) is 30.3 Å². The van der Waals surface area contributed by atoms with Crippen LogP contribution in [0.4, 0.5) is 19.7 Å². The molecule has 2 aliphatic rings. The number of carbonyl (C=O) groups is 2. The van der Waals surface area contributed by atoms with E-state index in [0.717, 1.165) is 46.8 Å². The molecule has 3 aromatic heterocycles. The van der Waals surface area contributed by atoms with Crippen LogP contribution < -0.4 is 15.4 Å². The average Bonchev–Trinajstić information content (AvgIpc) is 3.91. The predicted molar refractivity (Wildman–Crippen MR) is 208 cm³/mol. The number of thiophene rings is 1. The minimum absolute atomic E-state index is 0.0404. The van der Waals surface area contributed by atoms with Gasteiger partial charge in [0.1, 0.15) is 12.4 Å². The van der Waals surface area contributed by atoms with E-state index in [1.807, 2.05) is 18.3 Å². The van der Waals surface area contributed by atoms with E-state index in [4.69, 9.17) is 38.1 Å². The van der Waals surface area contributed by atoms with Crippen LogP contribution in [-0.4, -0.2) is 137 Å². The van der Waals surface area contributed by atoms with Crippen LogP contribution in [0.2, 0.25) is 0 Å². The molecular formula is C39H49FN6O9S. The molecule has 3 amide bonds. The van der Waals surface area contributed by atoms with Gasteiger partial charge in [-0.15, -0.1) is 11.3 Å². The van der Waals surface area contributed by atoms with E-state index in [0.29, 0.717) is 96.0 Å². The van der Waals surface area contributed by atoms with Gasteiger partial charge in [0, 0.05) is 76.1 Å². The number of amides is 3. The number of fused-ring (bicyclic) bond motifs is 1. The third-order valence-electron chi connectivity index (χ3n) is 8.81. The Morgan fingerprint density at radius 1 is 0.821 bits per heavy atom. The maximum atomic E-state index is 15.0. The van der Waals surface area contributed by atoms with Crippen molar-refractivity contribution in [3.05, 3.63) is 66.2 Å². The van der Waals surface area contributed by atoms with E-state index in [2.05, 4.69) is 26.6 Å². The molecule has 4 aromatic rings. The van der Waals surface area contributed by atoms with Crippen molar-refractivity contribution in [2.75, 3.05) is 105 Å². The number of benzene rings is 1. The summed E-state index contributed by atoms with van der Waals surface area (Å²) in [6.45, 7) is 7.72. The highest BCUT2D eigenvalue weighted by molar-refractivity contribution is 7.22. The Balaban J connectivity index is 0.868. The van der Waals surface area contributed by atoms with E-state index in [9.17, 15) is 14.0 Å². The van der Waals surface area contributed by atoms with Gasteiger partial charge in [-0.3, -0.25) is 14.9 Å². The Morgan fingerprint density at radius 2 is 1.52 bits per heavy atom. The minimum Gasteiger partial charge on any atom is -0.453 e. The fourth-order valence-electron chi connectivity index (χ4n) is 5.68. The summed E-state index contributed by atoms with van der Waals surface area (Å²) in [5.74, 6) is -0.0799. The molecule has 302 valence electrons. The maximum absolute atomic E-state index is 15.0. The highest BCUT2D eigenvalue weighted by Crippen LogP contribution is 2.39. The van der Waals surface area contributed by atoms with Gasteiger partial charge in [0.2, 0.25) is 0 Å². The average molecular weight is 797 g/mol. The molecule has 17 heteroatoms. The Bertz CT molecular complexity index is 1840. The van der Waals surface area contributed by atoms with Gasteiger partial charge in [0.25, 0.3) is 0 Å². The molecule has 15 nitrogen and oxygen atoms in total. The molecule has 0 spiro atoms. The second-order valence-corrected chi connectivity index (χ2v) is 14.2. The lowest BCUT2D eigenvalue weighted by molar-refractivity contribution is -0.0127. The monoisotopic (exact) mass is 796 g/mol. The molecule has 1 aliphatic heterocycles. The summed E-state index contributed by atoms with van der Waals surface area (Å²) in [5, 5.41) is 5.47. The first-order valence-electron chi connectivity index (χ1n) is 18.8. The molecule has 1 saturated carbocycles. The van der Waals surface area contributed by atoms with Gasteiger partial charge in [-0.1, -0.05) is 6.07 Å². The number of aromatic nitrogens is 2. The molecule has 0 atom stereocenters. The zero-order valence-electron chi connectivity index (χ0n) is 31.5. The van der Waals surface area contributed by atoms with Crippen molar-refractivity contribution in [1.82, 2.24) is 25.1 Å². The SMILES string of the molecule is COCCOCCOCCOCCOCCOC(=O)N1CCN(Cc2ccc(-c3cc4nccc(Oc5ccc(NC(=O)NC6CC6)cc5F)c4s3)nc2)CC1. The van der Waals surface area contributed by atoms with Gasteiger partial charge < -0.3 is 48.7 Å². The van der Waals surface area contributed by atoms with E-state index in [-0.39, 0.29) is 30.5 Å². The minimum atomic E-state index is -0.594. The molecular weight excluding hydrogens is 748 g/mol. The van der Waals surface area contributed by atoms with E-state index < -0.39 is 5.82 Å². The second kappa shape index (κ2) is 21.7. The number of nitrogens with zero attached hydrogens (tertiary/aromatic N) is 4. The summed E-state index contributed by atoms with van der Waals surface area (Å²) in [6, 6.07) is 11.9. The summed E-state index contributed by atoms with van der Waals surface area (Å²) in [6.07, 6.45) is 5.07. The molecule has 1 aromatic carbocycles. The number of anilines is 1. The summed E-state index contributed by atoms with van der Waals surface area (Å²) < 4.78 is 53.8. The van der Waals surface area contributed by atoms with Gasteiger partial charge >= 0.3 is 12.1 Å². The van der Waals surface area contributed by atoms with Gasteiger partial charge in [-0.25, -0.2) is 14.0 Å². The quantitative estimate of drug-likeness (QED) is 0.0960. The predicted octanol–water partition coefficient (Wildman–Crippen LogP) is 5.54. The zero-order chi connectivity index (χ0) is 39.0. The van der Waals surface area contributed by atoms with Crippen LogP contribution in [0.15, 0.2) is 54.9 Å². The largest absolute Gasteiger partial charge is 0.453 e. The smallest absolute Gasteiger partial charge is 0.409 e. The fraction of sp³-hybridized carbons (Fsp3) is 0.487. The highest BCUT2D eigenvalue weighted by Gasteiger charge is 2.24. The molecule has 0 unspecified atom stereocenters. The van der Waals surface area contributed by atoms with Gasteiger partial charge in [-0.05, 0) is 42.7 Å². The summed E-state index contributed by atoms with van der Waals surface area (Å²) >= 11 is 1.46. The molecule has 1 saturated heterocycles. The molecule has 56 heavy (non-hydrogen) atoms. The van der Waals surface area contributed by atoms with Crippen molar-refractivity contribution in [2.24, 2.45) is 0 Å². The molecule has 0 bridgehead atoms. The number of piperazine rings is 1. The number of pyridine rings is 2. The normalized spacial score (nSPS) is 14.6. The van der Waals surface area contributed by atoms with Crippen molar-refractivity contribution < 1.29 is 47.1 Å². The standard InChI is InChI=1S/C39H49FN6O9S/c1-49-14-15-50-16-17-51-18-19-52-20-21-53-22-23-54-39(48)46-12-10-45(11-13-46)27-28-2-6-32(42-26-28)36-25-33-37(56-36)35(8-9-41-33)55-34-7-5-30(24-31(34)40)44-38(47)43-29-3-4-29/h2,5-9,24-26,29H,3-4,10-23,27H2,1H3,(H2,43,44,47).